The van der Waals surface area contributed by atoms with E-state index in [2.05, 4.69) is 20.8 Å². The number of ether oxygens (including phenoxy) is 8. The number of fused-ring (bicyclic) bond motifs is 5. The Balaban J connectivity index is 1.04. The molecular formula is C53H90O25. The Hall–Kier alpha value is -1.26. The molecule has 4 saturated heterocycles. The summed E-state index contributed by atoms with van der Waals surface area (Å²) >= 11 is 0. The summed E-state index contributed by atoms with van der Waals surface area (Å²) < 4.78 is 48.3. The Labute approximate surface area is 454 Å². The topological polar surface area (TPSA) is 407 Å². The summed E-state index contributed by atoms with van der Waals surface area (Å²) in [6, 6.07) is 0. The molecule has 4 saturated carbocycles. The van der Waals surface area contributed by atoms with Gasteiger partial charge in [-0.15, -0.1) is 0 Å². The summed E-state index contributed by atoms with van der Waals surface area (Å²) in [7, 11) is 0. The summed E-state index contributed by atoms with van der Waals surface area (Å²) in [4.78, 5) is 4.69. The monoisotopic (exact) mass is 1130 g/mol. The molecule has 0 aromatic heterocycles. The van der Waals surface area contributed by atoms with Crippen LogP contribution in [0.1, 0.15) is 100 Å². The highest BCUT2D eigenvalue weighted by Crippen LogP contribution is 2.76. The molecule has 0 bridgehead atoms. The van der Waals surface area contributed by atoms with Gasteiger partial charge in [-0.05, 0) is 111 Å². The molecule has 25 nitrogen and oxygen atoms in total. The lowest BCUT2D eigenvalue weighted by molar-refractivity contribution is -0.383. The predicted molar refractivity (Wildman–Crippen MR) is 264 cm³/mol. The molecule has 0 radical (unpaired) electrons. The van der Waals surface area contributed by atoms with Gasteiger partial charge in [-0.3, -0.25) is 5.26 Å². The van der Waals surface area contributed by atoms with Crippen molar-refractivity contribution in [3.05, 3.63) is 12.2 Å². The van der Waals surface area contributed by atoms with Crippen LogP contribution in [-0.2, 0) is 42.8 Å². The van der Waals surface area contributed by atoms with Crippen LogP contribution in [0.5, 0.6) is 0 Å². The maximum Gasteiger partial charge on any atom is 0.187 e. The van der Waals surface area contributed by atoms with Gasteiger partial charge in [-0.1, -0.05) is 46.8 Å². The van der Waals surface area contributed by atoms with E-state index in [0.29, 0.717) is 32.1 Å². The van der Waals surface area contributed by atoms with E-state index in [9.17, 15) is 81.9 Å². The average Bonchev–Trinajstić information content (AvgIpc) is 3.88. The molecule has 16 N–H and O–H groups in total. The van der Waals surface area contributed by atoms with E-state index in [1.807, 2.05) is 20.8 Å². The summed E-state index contributed by atoms with van der Waals surface area (Å²) in [6.07, 6.45) is -27.6. The van der Waals surface area contributed by atoms with Crippen molar-refractivity contribution in [1.29, 1.82) is 0 Å². The number of hydrogen-bond acceptors (Lipinski definition) is 25. The van der Waals surface area contributed by atoms with Gasteiger partial charge in [-0.2, -0.15) is 0 Å². The van der Waals surface area contributed by atoms with Crippen molar-refractivity contribution in [1.82, 2.24) is 0 Å². The first-order valence-electron chi connectivity index (χ1n) is 27.6. The van der Waals surface area contributed by atoms with Crippen molar-refractivity contribution in [3.63, 3.8) is 0 Å². The molecule has 30 atom stereocenters. The second-order valence-corrected chi connectivity index (χ2v) is 25.9. The van der Waals surface area contributed by atoms with Crippen LogP contribution in [0.3, 0.4) is 0 Å². The predicted octanol–water partition coefficient (Wildman–Crippen LogP) is -3.12. The van der Waals surface area contributed by atoms with Gasteiger partial charge in [-0.25, -0.2) is 4.89 Å². The van der Waals surface area contributed by atoms with Crippen molar-refractivity contribution in [2.24, 2.45) is 45.3 Å². The standard InChI is InChI=1S/C53H90O25/c1-48(2,78-69)12-9-13-53(8,77-46-41(68)37(64)35(62)28(74-46)21-71-44-39(66)32(59)25(58)20-70-44)22-10-14-52(7)31(22)23(56)16-30-50(5)17-24(57)43(49(3,4)29(50)11-15-51(30,52)6)76-47-42(38(65)34(61)27(19-55)73-47)75-45-40(67)36(63)33(60)26(18-54)72-45/h9,12,22-47,54-69H,10-11,13-21H2,1-8H3/b12-9+/t22-,23+,24+,25+,26+,27+,28+,29?,30?,31-,32-,33+,34+,35+,36-,37-,38-,39+,40+,41+,42+,43-,44-,45-,46-,47-,50-,51+,52+,53?/m0/s1. The van der Waals surface area contributed by atoms with Gasteiger partial charge in [0.1, 0.15) is 97.2 Å². The van der Waals surface area contributed by atoms with E-state index < -0.39 is 200 Å². The summed E-state index contributed by atoms with van der Waals surface area (Å²) in [5, 5.41) is 174. The van der Waals surface area contributed by atoms with E-state index in [0.717, 1.165) is 0 Å². The van der Waals surface area contributed by atoms with E-state index in [-0.39, 0.29) is 31.3 Å². The first-order valence-corrected chi connectivity index (χ1v) is 27.6. The molecule has 0 aromatic carbocycles. The summed E-state index contributed by atoms with van der Waals surface area (Å²) in [6.45, 7) is 13.3. The second kappa shape index (κ2) is 23.3. The van der Waals surface area contributed by atoms with Crippen LogP contribution in [0, 0.1) is 45.3 Å². The van der Waals surface area contributed by atoms with E-state index in [4.69, 9.17) is 42.8 Å². The van der Waals surface area contributed by atoms with Crippen LogP contribution in [0.25, 0.3) is 0 Å². The van der Waals surface area contributed by atoms with E-state index in [1.54, 1.807) is 26.0 Å². The third kappa shape index (κ3) is 10.9. The zero-order chi connectivity index (χ0) is 57.6. The minimum atomic E-state index is -1.88. The molecule has 4 aliphatic carbocycles. The number of rotatable bonds is 16. The van der Waals surface area contributed by atoms with E-state index >= 15 is 0 Å². The Morgan fingerprint density at radius 2 is 1.14 bits per heavy atom. The highest BCUT2D eigenvalue weighted by Gasteiger charge is 2.73. The van der Waals surface area contributed by atoms with Gasteiger partial charge in [0.2, 0.25) is 0 Å². The van der Waals surface area contributed by atoms with Crippen LogP contribution < -0.4 is 0 Å². The quantitative estimate of drug-likeness (QED) is 0.0315. The highest BCUT2D eigenvalue weighted by atomic mass is 17.1. The SMILES string of the molecule is CC(C)(/C=C/CC(C)(O[C@@H]1O[C@H](CO[C@@H]2OC[C@@H](O)[C@H](O)[C@H]2O)[C@@H](O)[C@H](O)[C@H]1O)[C@H]1CC[C@]2(C)[C@@H]1[C@H](O)CC1[C@@]3(C)C[C@@H](O)[C@H](O[C@@H]4O[C@H](CO)[C@@H](O)[C@H](O)[C@H]4O[C@@H]4O[C@H](CO)[C@@H](O)[C@H](O)[C@H]4O)C(C)(C)C3CC[C@]12C)OO. The molecule has 4 aliphatic heterocycles. The summed E-state index contributed by atoms with van der Waals surface area (Å²) in [5.41, 5.74) is -4.94. The molecule has 8 aliphatic rings. The Kier molecular flexibility index (Phi) is 18.8. The van der Waals surface area contributed by atoms with Crippen molar-refractivity contribution in [2.45, 2.75) is 247 Å². The van der Waals surface area contributed by atoms with E-state index in [1.165, 1.54) is 0 Å². The third-order valence-corrected chi connectivity index (χ3v) is 20.5. The van der Waals surface area contributed by atoms with Crippen LogP contribution in [0.15, 0.2) is 12.2 Å². The molecule has 452 valence electrons. The van der Waals surface area contributed by atoms with Crippen molar-refractivity contribution in [3.8, 4) is 0 Å². The minimum absolute atomic E-state index is 0.133. The fraction of sp³-hybridized carbons (Fsp3) is 0.962. The first kappa shape index (κ1) is 62.8. The van der Waals surface area contributed by atoms with Gasteiger partial charge >= 0.3 is 0 Å². The molecule has 78 heavy (non-hydrogen) atoms. The zero-order valence-corrected chi connectivity index (χ0v) is 45.8. The smallest absolute Gasteiger partial charge is 0.187 e. The molecule has 0 spiro atoms. The van der Waals surface area contributed by atoms with Crippen LogP contribution >= 0.6 is 0 Å². The number of hydrogen-bond donors (Lipinski definition) is 16. The summed E-state index contributed by atoms with van der Waals surface area (Å²) in [5.74, 6) is -1.20. The Morgan fingerprint density at radius 3 is 1.77 bits per heavy atom. The fourth-order valence-electron chi connectivity index (χ4n) is 16.1. The molecule has 4 heterocycles. The third-order valence-electron chi connectivity index (χ3n) is 20.5. The molecule has 8 fully saturated rings. The molecule has 0 amide bonds. The van der Waals surface area contributed by atoms with Crippen molar-refractivity contribution in [2.75, 3.05) is 26.4 Å². The van der Waals surface area contributed by atoms with Crippen LogP contribution in [-0.4, -0.2) is 255 Å². The average molecular weight is 1130 g/mol. The minimum Gasteiger partial charge on any atom is -0.394 e. The Bertz CT molecular complexity index is 2040. The lowest BCUT2D eigenvalue weighted by atomic mass is 9.35. The normalized spacial score (nSPS) is 52.6. The van der Waals surface area contributed by atoms with Gasteiger partial charge < -0.3 is 114 Å². The molecule has 25 heteroatoms. The molecule has 3 unspecified atom stereocenters. The van der Waals surface area contributed by atoms with Gasteiger partial charge in [0.15, 0.2) is 25.2 Å². The maximum absolute atomic E-state index is 12.8. The lowest BCUT2D eigenvalue weighted by Gasteiger charge is -2.71. The van der Waals surface area contributed by atoms with Gasteiger partial charge in [0.05, 0.1) is 50.3 Å². The highest BCUT2D eigenvalue weighted by molar-refractivity contribution is 5.22. The van der Waals surface area contributed by atoms with Crippen molar-refractivity contribution >= 4 is 0 Å². The second-order valence-electron chi connectivity index (χ2n) is 25.9. The Morgan fingerprint density at radius 1 is 0.577 bits per heavy atom. The molecular weight excluding hydrogens is 1040 g/mol. The maximum atomic E-state index is 12.8. The zero-order valence-electron chi connectivity index (χ0n) is 45.8. The molecule has 0 aromatic rings. The lowest BCUT2D eigenvalue weighted by Crippen LogP contribution is -2.70. The largest absolute Gasteiger partial charge is 0.394 e. The van der Waals surface area contributed by atoms with Crippen LogP contribution in [0.4, 0.5) is 0 Å². The van der Waals surface area contributed by atoms with Crippen molar-refractivity contribution < 1.29 is 125 Å². The van der Waals surface area contributed by atoms with Gasteiger partial charge in [0.25, 0.3) is 0 Å². The number of aliphatic hydroxyl groups is 15. The first-order chi connectivity index (χ1) is 36.4. The number of aliphatic hydroxyl groups excluding tert-OH is 15. The van der Waals surface area contributed by atoms with Crippen LogP contribution in [0.2, 0.25) is 0 Å². The molecule has 8 rings (SSSR count). The van der Waals surface area contributed by atoms with Gasteiger partial charge in [0, 0.05) is 0 Å². The fourth-order valence-corrected chi connectivity index (χ4v) is 16.1.